The summed E-state index contributed by atoms with van der Waals surface area (Å²) >= 11 is 0. The van der Waals surface area contributed by atoms with E-state index in [1.807, 2.05) is 18.6 Å². The third-order valence-electron chi connectivity index (χ3n) is 7.94. The third-order valence-corrected chi connectivity index (χ3v) is 7.94. The van der Waals surface area contributed by atoms with Crippen LogP contribution in [0.15, 0.2) is 36.4 Å². The van der Waals surface area contributed by atoms with Gasteiger partial charge in [-0.15, -0.1) is 13.0 Å². The number of esters is 1. The summed E-state index contributed by atoms with van der Waals surface area (Å²) in [4.78, 5) is 66.6. The van der Waals surface area contributed by atoms with Crippen LogP contribution in [-0.4, -0.2) is 71.5 Å². The van der Waals surface area contributed by atoms with Gasteiger partial charge in [-0.3, -0.25) is 14.4 Å². The van der Waals surface area contributed by atoms with Crippen molar-refractivity contribution in [3.05, 3.63) is 54.0 Å². The fourth-order valence-electron chi connectivity index (χ4n) is 5.50. The molecule has 3 N–H and O–H groups in total. The molecule has 2 heterocycles. The van der Waals surface area contributed by atoms with Crippen molar-refractivity contribution in [1.29, 1.82) is 0 Å². The minimum atomic E-state index is -1.22. The van der Waals surface area contributed by atoms with Crippen LogP contribution in [0.5, 0.6) is 0 Å². The number of hydrogen-bond donors (Lipinski definition) is 3. The largest absolute Gasteiger partial charge is 0.459 e. The molecule has 2 aliphatic heterocycles. The Balaban J connectivity index is 0.00000529. The molecule has 1 saturated carbocycles. The van der Waals surface area contributed by atoms with Gasteiger partial charge in [0.05, 0.1) is 6.04 Å². The van der Waals surface area contributed by atoms with Crippen LogP contribution in [0.25, 0.3) is 0 Å². The van der Waals surface area contributed by atoms with E-state index in [1.54, 1.807) is 52.1 Å². The Morgan fingerprint density at radius 1 is 1.11 bits per heavy atom. The zero-order chi connectivity index (χ0) is 31.2. The zero-order valence-electron chi connectivity index (χ0n) is 25.9. The van der Waals surface area contributed by atoms with Crippen LogP contribution in [0.3, 0.4) is 0 Å². The second kappa shape index (κ2) is 15.2. The Bertz CT molecular complexity index is 1250. The van der Waals surface area contributed by atoms with Gasteiger partial charge in [0.1, 0.15) is 23.8 Å². The molecule has 1 aliphatic carbocycles. The van der Waals surface area contributed by atoms with Gasteiger partial charge in [-0.05, 0) is 64.2 Å². The van der Waals surface area contributed by atoms with Gasteiger partial charge >= 0.3 is 12.1 Å². The smallest absolute Gasteiger partial charge is 0.408 e. The molecule has 44 heavy (non-hydrogen) atoms. The molecule has 1 saturated heterocycles. The number of fused-ring (bicyclic) bond motifs is 2. The van der Waals surface area contributed by atoms with Crippen molar-refractivity contribution < 1.29 is 54.5 Å². The van der Waals surface area contributed by atoms with Gasteiger partial charge in [-0.2, -0.15) is 0 Å². The summed E-state index contributed by atoms with van der Waals surface area (Å²) in [6, 6.07) is 5.10. The topological polar surface area (TPSA) is 143 Å². The molecule has 2 fully saturated rings. The van der Waals surface area contributed by atoms with Gasteiger partial charge in [-0.1, -0.05) is 37.1 Å². The van der Waals surface area contributed by atoms with Crippen molar-refractivity contribution in [2.75, 3.05) is 13.6 Å². The van der Waals surface area contributed by atoms with Gasteiger partial charge in [0.15, 0.2) is 0 Å². The fourth-order valence-corrected chi connectivity index (χ4v) is 5.50. The molecule has 4 rings (SSSR count). The summed E-state index contributed by atoms with van der Waals surface area (Å²) in [5, 5.41) is 8.23. The number of nitrogens with zero attached hydrogens (tertiary/aromatic N) is 1. The van der Waals surface area contributed by atoms with Gasteiger partial charge in [-0.25, -0.2) is 9.59 Å². The summed E-state index contributed by atoms with van der Waals surface area (Å²) in [5.74, 6) is -1.76. The quantitative estimate of drug-likeness (QED) is 0.237. The molecule has 4 amide bonds. The van der Waals surface area contributed by atoms with E-state index in [0.717, 1.165) is 25.7 Å². The standard InChI is InChI=1S/C32H43N4O7.W/c1-31(2,3)43-30(41)34-24-12-9-7-5-6-8-11-23-19-32(23,35-27(38)25-13-10-18-36(25)28(24)39)29(40)42-20-21-14-16-22(17-15-21)26(37)33-4;/h8,10-11,14-17,23-25H,5-7,9,12-13,18-20H2,1-4H3,(H,33,37)(H,34,41)(H,35,38);/q-1;/b11-8-;/t23?,24-,25-,32+;/m0./s1. The van der Waals surface area contributed by atoms with E-state index < -0.39 is 41.2 Å². The molecule has 0 radical (unpaired) electrons. The molecule has 1 aromatic rings. The first-order valence-electron chi connectivity index (χ1n) is 15.0. The maximum absolute atomic E-state index is 13.7. The van der Waals surface area contributed by atoms with Gasteiger partial charge < -0.3 is 36.7 Å². The number of ether oxygens (including phenoxy) is 2. The predicted molar refractivity (Wildman–Crippen MR) is 158 cm³/mol. The molecule has 0 bridgehead atoms. The van der Waals surface area contributed by atoms with Crippen LogP contribution in [0, 0.1) is 12.3 Å². The van der Waals surface area contributed by atoms with Gasteiger partial charge in [0, 0.05) is 39.6 Å². The van der Waals surface area contributed by atoms with Crippen LogP contribution in [0.2, 0.25) is 0 Å². The molecular formula is C32H43N4O7W-. The maximum Gasteiger partial charge on any atom is 0.408 e. The monoisotopic (exact) mass is 779 g/mol. The molecule has 0 aromatic heterocycles. The van der Waals surface area contributed by atoms with E-state index in [2.05, 4.69) is 16.0 Å². The molecule has 3 aliphatic rings. The second-order valence-electron chi connectivity index (χ2n) is 12.4. The number of amides is 4. The van der Waals surface area contributed by atoms with E-state index in [-0.39, 0.29) is 51.9 Å². The van der Waals surface area contributed by atoms with Crippen molar-refractivity contribution >= 4 is 29.8 Å². The summed E-state index contributed by atoms with van der Waals surface area (Å²) in [7, 11) is 1.55. The number of rotatable bonds is 5. The van der Waals surface area contributed by atoms with E-state index in [4.69, 9.17) is 9.47 Å². The first-order valence-corrected chi connectivity index (χ1v) is 15.0. The molecule has 240 valence electrons. The van der Waals surface area contributed by atoms with Gasteiger partial charge in [0.2, 0.25) is 11.8 Å². The number of alkyl carbamates (subject to hydrolysis) is 1. The predicted octanol–water partition coefficient (Wildman–Crippen LogP) is 3.18. The first kappa shape index (κ1) is 35.3. The second-order valence-corrected chi connectivity index (χ2v) is 12.4. The summed E-state index contributed by atoms with van der Waals surface area (Å²) in [6.45, 7) is 5.51. The average Bonchev–Trinajstić information content (AvgIpc) is 3.42. The maximum atomic E-state index is 13.7. The Hall–Kier alpha value is -3.20. The van der Waals surface area contributed by atoms with Crippen molar-refractivity contribution in [3.8, 4) is 0 Å². The molecule has 4 atom stereocenters. The van der Waals surface area contributed by atoms with Crippen LogP contribution in [-0.2, 0) is 51.5 Å². The van der Waals surface area contributed by atoms with E-state index in [0.29, 0.717) is 30.4 Å². The average molecular weight is 780 g/mol. The number of carbonyl (C=O) groups excluding carboxylic acids is 5. The fraction of sp³-hybridized carbons (Fsp3) is 0.562. The number of carbonyl (C=O) groups is 5. The van der Waals surface area contributed by atoms with Crippen LogP contribution >= 0.6 is 0 Å². The molecule has 1 unspecified atom stereocenters. The SMILES string of the molecule is CNC(=O)c1ccc(COC(=O)[C@@]23CC2/C=C\CCCCC[C@H](NC(=O)OC(C)(C)C)C(=O)N2C[CH-]C[C@H]2C(=O)N3)cc1.[W]. The Morgan fingerprint density at radius 3 is 2.52 bits per heavy atom. The molecular weight excluding hydrogens is 736 g/mol. The van der Waals surface area contributed by atoms with E-state index in [9.17, 15) is 24.0 Å². The molecule has 1 aromatic carbocycles. The van der Waals surface area contributed by atoms with Crippen LogP contribution in [0.4, 0.5) is 4.79 Å². The zero-order valence-corrected chi connectivity index (χ0v) is 28.8. The van der Waals surface area contributed by atoms with E-state index >= 15 is 0 Å². The van der Waals surface area contributed by atoms with Crippen LogP contribution < -0.4 is 16.0 Å². The molecule has 11 nitrogen and oxygen atoms in total. The van der Waals surface area contributed by atoms with Crippen LogP contribution in [0.1, 0.15) is 81.6 Å². The van der Waals surface area contributed by atoms with Crippen molar-refractivity contribution in [2.24, 2.45) is 5.92 Å². The Kier molecular flexibility index (Phi) is 12.2. The van der Waals surface area contributed by atoms with Crippen molar-refractivity contribution in [3.63, 3.8) is 0 Å². The Labute approximate surface area is 273 Å². The summed E-state index contributed by atoms with van der Waals surface area (Å²) < 4.78 is 11.1. The van der Waals surface area contributed by atoms with Gasteiger partial charge in [0.25, 0.3) is 5.91 Å². The molecule has 12 heteroatoms. The minimum absolute atomic E-state index is 0. The number of benzene rings is 1. The summed E-state index contributed by atoms with van der Waals surface area (Å²) in [6.07, 6.45) is 9.57. The Morgan fingerprint density at radius 2 is 1.84 bits per heavy atom. The molecule has 0 spiro atoms. The normalized spacial score (nSPS) is 26.3. The number of hydrogen-bond acceptors (Lipinski definition) is 7. The van der Waals surface area contributed by atoms with Crippen molar-refractivity contribution in [2.45, 2.75) is 95.5 Å². The van der Waals surface area contributed by atoms with E-state index in [1.165, 1.54) is 4.90 Å². The first-order chi connectivity index (χ1) is 20.4. The number of nitrogens with one attached hydrogen (secondary N) is 3. The number of allylic oxidation sites excluding steroid dienone is 1. The summed E-state index contributed by atoms with van der Waals surface area (Å²) in [5.41, 5.74) is -0.739. The van der Waals surface area contributed by atoms with Crippen molar-refractivity contribution in [1.82, 2.24) is 20.9 Å². The minimum Gasteiger partial charge on any atom is -0.459 e. The third kappa shape index (κ3) is 8.93.